The monoisotopic (exact) mass is 364 g/mol. The molecule has 0 aliphatic carbocycles. The third-order valence-electron chi connectivity index (χ3n) is 4.78. The Morgan fingerprint density at radius 2 is 1.96 bits per heavy atom. The zero-order valence-electron chi connectivity index (χ0n) is 12.9. The van der Waals surface area contributed by atoms with Crippen LogP contribution >= 0.6 is 11.6 Å². The molecule has 2 aromatic rings. The summed E-state index contributed by atoms with van der Waals surface area (Å²) < 4.78 is 28.1. The van der Waals surface area contributed by atoms with E-state index in [0.717, 1.165) is 30.5 Å². The Kier molecular flexibility index (Phi) is 3.74. The van der Waals surface area contributed by atoms with Gasteiger partial charge in [-0.1, -0.05) is 11.6 Å². The van der Waals surface area contributed by atoms with Crippen molar-refractivity contribution in [2.24, 2.45) is 0 Å². The number of nitrogens with two attached hydrogens (primary N) is 1. The Morgan fingerprint density at radius 3 is 2.71 bits per heavy atom. The van der Waals surface area contributed by atoms with E-state index in [9.17, 15) is 8.42 Å². The highest BCUT2D eigenvalue weighted by atomic mass is 35.5. The van der Waals surface area contributed by atoms with Crippen LogP contribution < -0.4 is 5.73 Å². The van der Waals surface area contributed by atoms with Crippen molar-refractivity contribution in [2.75, 3.05) is 5.73 Å². The molecule has 0 spiro atoms. The number of piperidine rings is 1. The molecule has 24 heavy (non-hydrogen) atoms. The molecule has 126 valence electrons. The molecule has 1 aromatic carbocycles. The maximum Gasteiger partial charge on any atom is 0.243 e. The number of sulfonamides is 1. The highest BCUT2D eigenvalue weighted by Gasteiger charge is 2.45. The molecule has 2 unspecified atom stereocenters. The van der Waals surface area contributed by atoms with Gasteiger partial charge in [0.1, 0.15) is 0 Å². The summed E-state index contributed by atoms with van der Waals surface area (Å²) in [5.41, 5.74) is 7.44. The Hall–Kier alpha value is -1.70. The van der Waals surface area contributed by atoms with Gasteiger partial charge < -0.3 is 5.73 Å². The van der Waals surface area contributed by atoms with E-state index in [1.807, 2.05) is 0 Å². The smallest absolute Gasteiger partial charge is 0.243 e. The molecule has 2 aliphatic heterocycles. The van der Waals surface area contributed by atoms with Gasteiger partial charge in [0.05, 0.1) is 16.6 Å². The molecule has 3 heterocycles. The number of benzene rings is 1. The fraction of sp³-hybridized carbons (Fsp3) is 0.375. The van der Waals surface area contributed by atoms with Crippen molar-refractivity contribution in [1.29, 1.82) is 0 Å². The standard InChI is InChI=1S/C16H17ClN4O2S/c17-10-4-6-12(7-5-10)24(22,23)21-11-2-1-3-15(21)13-9-19-16(18)20-14(13)8-11/h4-7,9,11,15H,1-3,8H2,(H2,18,19,20). The van der Waals surface area contributed by atoms with Crippen LogP contribution in [0.5, 0.6) is 0 Å². The minimum atomic E-state index is -3.60. The van der Waals surface area contributed by atoms with Gasteiger partial charge in [-0.05, 0) is 43.5 Å². The predicted molar refractivity (Wildman–Crippen MR) is 91.0 cm³/mol. The lowest BCUT2D eigenvalue weighted by atomic mass is 9.85. The minimum Gasteiger partial charge on any atom is -0.368 e. The molecule has 1 fully saturated rings. The van der Waals surface area contributed by atoms with Crippen LogP contribution in [0.25, 0.3) is 0 Å². The first kappa shape index (κ1) is 15.8. The number of aromatic nitrogens is 2. The average Bonchev–Trinajstić information content (AvgIpc) is 2.54. The van der Waals surface area contributed by atoms with Crippen molar-refractivity contribution in [1.82, 2.24) is 14.3 Å². The zero-order chi connectivity index (χ0) is 16.9. The van der Waals surface area contributed by atoms with Crippen molar-refractivity contribution < 1.29 is 8.42 Å². The molecule has 1 aromatic heterocycles. The van der Waals surface area contributed by atoms with E-state index in [0.29, 0.717) is 11.4 Å². The third-order valence-corrected chi connectivity index (χ3v) is 7.01. The number of hydrogen-bond donors (Lipinski definition) is 1. The maximum atomic E-state index is 13.2. The summed E-state index contributed by atoms with van der Waals surface area (Å²) in [6.45, 7) is 0. The van der Waals surface area contributed by atoms with Gasteiger partial charge >= 0.3 is 0 Å². The van der Waals surface area contributed by atoms with E-state index >= 15 is 0 Å². The predicted octanol–water partition coefficient (Wildman–Crippen LogP) is 2.55. The van der Waals surface area contributed by atoms with Crippen molar-refractivity contribution in [3.8, 4) is 0 Å². The fourth-order valence-corrected chi connectivity index (χ4v) is 5.72. The number of halogens is 1. The molecule has 6 nitrogen and oxygen atoms in total. The number of rotatable bonds is 2. The molecular weight excluding hydrogens is 348 g/mol. The summed E-state index contributed by atoms with van der Waals surface area (Å²) in [4.78, 5) is 8.66. The van der Waals surface area contributed by atoms with Gasteiger partial charge in [-0.3, -0.25) is 0 Å². The highest BCUT2D eigenvalue weighted by molar-refractivity contribution is 7.89. The van der Waals surface area contributed by atoms with Gasteiger partial charge in [-0.25, -0.2) is 18.4 Å². The Morgan fingerprint density at radius 1 is 1.21 bits per heavy atom. The Balaban J connectivity index is 1.81. The zero-order valence-corrected chi connectivity index (χ0v) is 14.5. The van der Waals surface area contributed by atoms with E-state index in [-0.39, 0.29) is 22.9 Å². The van der Waals surface area contributed by atoms with Crippen LogP contribution in [-0.4, -0.2) is 28.7 Å². The van der Waals surface area contributed by atoms with E-state index in [1.165, 1.54) is 0 Å². The number of anilines is 1. The second-order valence-corrected chi connectivity index (χ2v) is 8.50. The number of nitrogen functional groups attached to an aromatic ring is 1. The molecule has 2 atom stereocenters. The Bertz CT molecular complexity index is 885. The molecule has 1 saturated heterocycles. The van der Waals surface area contributed by atoms with Gasteiger partial charge in [0.2, 0.25) is 16.0 Å². The lowest BCUT2D eigenvalue weighted by Crippen LogP contribution is -2.50. The van der Waals surface area contributed by atoms with Gasteiger partial charge in [0.15, 0.2) is 0 Å². The molecule has 0 saturated carbocycles. The number of fused-ring (bicyclic) bond motifs is 4. The van der Waals surface area contributed by atoms with E-state index < -0.39 is 10.0 Å². The third kappa shape index (κ3) is 2.47. The van der Waals surface area contributed by atoms with Crippen LogP contribution in [0.1, 0.15) is 36.6 Å². The van der Waals surface area contributed by atoms with Crippen LogP contribution in [0.4, 0.5) is 5.95 Å². The molecule has 8 heteroatoms. The maximum absolute atomic E-state index is 13.2. The van der Waals surface area contributed by atoms with Gasteiger partial charge in [-0.2, -0.15) is 4.31 Å². The fourth-order valence-electron chi connectivity index (χ4n) is 3.74. The highest BCUT2D eigenvalue weighted by Crippen LogP contribution is 2.44. The normalized spacial score (nSPS) is 23.7. The van der Waals surface area contributed by atoms with Crippen molar-refractivity contribution in [3.63, 3.8) is 0 Å². The van der Waals surface area contributed by atoms with Crippen molar-refractivity contribution >= 4 is 27.6 Å². The van der Waals surface area contributed by atoms with Crippen molar-refractivity contribution in [3.05, 3.63) is 46.7 Å². The van der Waals surface area contributed by atoms with E-state index in [4.69, 9.17) is 17.3 Å². The van der Waals surface area contributed by atoms with Crippen LogP contribution in [-0.2, 0) is 16.4 Å². The number of nitrogens with zero attached hydrogens (tertiary/aromatic N) is 3. The quantitative estimate of drug-likeness (QED) is 0.884. The van der Waals surface area contributed by atoms with Crippen LogP contribution in [0.3, 0.4) is 0 Å². The summed E-state index contributed by atoms with van der Waals surface area (Å²) in [5, 5.41) is 0.516. The molecular formula is C16H17ClN4O2S. The number of hydrogen-bond acceptors (Lipinski definition) is 5. The van der Waals surface area contributed by atoms with Crippen LogP contribution in [0.15, 0.2) is 35.4 Å². The van der Waals surface area contributed by atoms with E-state index in [2.05, 4.69) is 9.97 Å². The molecule has 0 amide bonds. The first-order valence-corrected chi connectivity index (χ1v) is 9.69. The summed E-state index contributed by atoms with van der Waals surface area (Å²) in [6.07, 6.45) is 4.84. The molecule has 4 rings (SSSR count). The van der Waals surface area contributed by atoms with Gasteiger partial charge in [0.25, 0.3) is 0 Å². The van der Waals surface area contributed by atoms with Gasteiger partial charge in [0, 0.05) is 29.2 Å². The summed E-state index contributed by atoms with van der Waals surface area (Å²) >= 11 is 5.89. The average molecular weight is 365 g/mol. The van der Waals surface area contributed by atoms with Crippen molar-refractivity contribution in [2.45, 2.75) is 42.7 Å². The minimum absolute atomic E-state index is 0.0915. The van der Waals surface area contributed by atoms with Gasteiger partial charge in [-0.15, -0.1) is 0 Å². The summed E-state index contributed by atoms with van der Waals surface area (Å²) in [6, 6.07) is 6.00. The Labute approximate surface area is 145 Å². The van der Waals surface area contributed by atoms with E-state index in [1.54, 1.807) is 34.8 Å². The molecule has 2 bridgehead atoms. The lowest BCUT2D eigenvalue weighted by molar-refractivity contribution is 0.161. The molecule has 0 radical (unpaired) electrons. The topological polar surface area (TPSA) is 89.2 Å². The summed E-state index contributed by atoms with van der Waals surface area (Å²) in [7, 11) is -3.60. The SMILES string of the molecule is Nc1ncc2c(n1)CC1CCCC2N1S(=O)(=O)c1ccc(Cl)cc1. The first-order valence-electron chi connectivity index (χ1n) is 7.87. The first-order chi connectivity index (χ1) is 11.5. The largest absolute Gasteiger partial charge is 0.368 e. The summed E-state index contributed by atoms with van der Waals surface area (Å²) in [5.74, 6) is 0.237. The second kappa shape index (κ2) is 5.68. The van der Waals surface area contributed by atoms with Crippen LogP contribution in [0.2, 0.25) is 5.02 Å². The lowest BCUT2D eigenvalue weighted by Gasteiger charge is -2.45. The second-order valence-electron chi connectivity index (χ2n) is 6.22. The molecule has 2 aliphatic rings. The molecule has 2 N–H and O–H groups in total. The van der Waals surface area contributed by atoms with Crippen LogP contribution in [0, 0.1) is 0 Å².